The number of aliphatic imine (C=N–C) groups is 1. The molecule has 2 heterocycles. The number of fused-ring (bicyclic) bond motifs is 1. The van der Waals surface area contributed by atoms with E-state index < -0.39 is 11.8 Å². The van der Waals surface area contributed by atoms with Gasteiger partial charge in [-0.25, -0.2) is 0 Å². The maximum absolute atomic E-state index is 13.5. The summed E-state index contributed by atoms with van der Waals surface area (Å²) in [7, 11) is 0. The Labute approximate surface area is 190 Å². The molecule has 4 aliphatic rings. The second kappa shape index (κ2) is 8.41. The van der Waals surface area contributed by atoms with Crippen molar-refractivity contribution < 1.29 is 23.8 Å². The standard InChI is InChI=1S/C24H26BrNO5/c1-13-21(24(28)31-14-6-3-2-4-7-14)22(23-17(26-13)8-5-9-18(23)27)15-10-19-20(11-16(15)25)30-12-29-19/h10-11,14,21-22H,2-9,12H2,1H3/t21?,22-/m1/s1. The summed E-state index contributed by atoms with van der Waals surface area (Å²) in [6, 6.07) is 3.75. The van der Waals surface area contributed by atoms with Crippen molar-refractivity contribution in [2.45, 2.75) is 70.3 Å². The molecule has 2 atom stereocenters. The van der Waals surface area contributed by atoms with Gasteiger partial charge in [0.25, 0.3) is 0 Å². The predicted molar refractivity (Wildman–Crippen MR) is 118 cm³/mol. The molecule has 2 aliphatic heterocycles. The van der Waals surface area contributed by atoms with Gasteiger partial charge < -0.3 is 14.2 Å². The van der Waals surface area contributed by atoms with Crippen LogP contribution in [-0.4, -0.2) is 30.4 Å². The van der Waals surface area contributed by atoms with Crippen LogP contribution in [0, 0.1) is 5.92 Å². The zero-order valence-electron chi connectivity index (χ0n) is 17.6. The topological polar surface area (TPSA) is 74.2 Å². The molecular formula is C24H26BrNO5. The fraction of sp³-hybridized carbons (Fsp3) is 0.542. The molecule has 1 aromatic carbocycles. The summed E-state index contributed by atoms with van der Waals surface area (Å²) < 4.78 is 17.9. The lowest BCUT2D eigenvalue weighted by Gasteiger charge is -2.36. The molecule has 0 radical (unpaired) electrons. The molecule has 1 saturated carbocycles. The molecule has 0 bridgehead atoms. The van der Waals surface area contributed by atoms with Gasteiger partial charge >= 0.3 is 5.97 Å². The maximum atomic E-state index is 13.5. The maximum Gasteiger partial charge on any atom is 0.315 e. The second-order valence-corrected chi connectivity index (χ2v) is 9.62. The van der Waals surface area contributed by atoms with Crippen LogP contribution in [0.1, 0.15) is 69.8 Å². The average Bonchev–Trinajstić information content (AvgIpc) is 3.20. The zero-order chi connectivity index (χ0) is 21.5. The van der Waals surface area contributed by atoms with Crippen LogP contribution in [0.25, 0.3) is 0 Å². The number of esters is 1. The molecule has 0 aromatic heterocycles. The minimum absolute atomic E-state index is 0.0488. The van der Waals surface area contributed by atoms with Crippen molar-refractivity contribution in [3.63, 3.8) is 0 Å². The van der Waals surface area contributed by atoms with Crippen LogP contribution in [0.3, 0.4) is 0 Å². The van der Waals surface area contributed by atoms with Gasteiger partial charge in [0.2, 0.25) is 6.79 Å². The van der Waals surface area contributed by atoms with Crippen LogP contribution < -0.4 is 9.47 Å². The molecule has 1 aromatic rings. The first-order valence-corrected chi connectivity index (χ1v) is 11.9. The molecule has 1 unspecified atom stereocenters. The van der Waals surface area contributed by atoms with Crippen LogP contribution >= 0.6 is 15.9 Å². The summed E-state index contributed by atoms with van der Waals surface area (Å²) in [5, 5.41) is 0. The molecule has 0 N–H and O–H groups in total. The highest BCUT2D eigenvalue weighted by Crippen LogP contribution is 2.48. The van der Waals surface area contributed by atoms with Crippen LogP contribution in [0.4, 0.5) is 0 Å². The monoisotopic (exact) mass is 487 g/mol. The highest BCUT2D eigenvalue weighted by molar-refractivity contribution is 9.10. The number of benzene rings is 1. The number of ketones is 1. The Hall–Kier alpha value is -2.15. The number of ether oxygens (including phenoxy) is 3. The molecule has 5 rings (SSSR count). The van der Waals surface area contributed by atoms with E-state index in [0.717, 1.165) is 54.3 Å². The van der Waals surface area contributed by atoms with Crippen molar-refractivity contribution >= 4 is 33.4 Å². The summed E-state index contributed by atoms with van der Waals surface area (Å²) in [5.74, 6) is 0.000313. The lowest BCUT2D eigenvalue weighted by atomic mass is 9.71. The number of rotatable bonds is 3. The Kier molecular flexibility index (Phi) is 5.63. The number of Topliss-reactive ketones (excluding diaryl/α,β-unsaturated/α-hetero) is 1. The number of halogens is 1. The lowest BCUT2D eigenvalue weighted by molar-refractivity contribution is -0.153. The number of nitrogens with zero attached hydrogens (tertiary/aromatic N) is 1. The molecule has 2 aliphatic carbocycles. The van der Waals surface area contributed by atoms with Crippen molar-refractivity contribution in [2.24, 2.45) is 10.9 Å². The molecule has 164 valence electrons. The van der Waals surface area contributed by atoms with Gasteiger partial charge in [-0.2, -0.15) is 0 Å². The van der Waals surface area contributed by atoms with Gasteiger partial charge in [-0.05, 0) is 63.1 Å². The molecule has 6 nitrogen and oxygen atoms in total. The first-order chi connectivity index (χ1) is 15.0. The van der Waals surface area contributed by atoms with Crippen molar-refractivity contribution in [1.82, 2.24) is 0 Å². The fourth-order valence-electron chi connectivity index (χ4n) is 5.24. The smallest absolute Gasteiger partial charge is 0.315 e. The van der Waals surface area contributed by atoms with Gasteiger partial charge in [-0.1, -0.05) is 22.4 Å². The van der Waals surface area contributed by atoms with E-state index in [-0.39, 0.29) is 24.6 Å². The number of allylic oxidation sites excluding steroid dienone is 2. The van der Waals surface area contributed by atoms with Gasteiger partial charge in [0, 0.05) is 33.8 Å². The number of carbonyl (C=O) groups excluding carboxylic acids is 2. The van der Waals surface area contributed by atoms with Crippen molar-refractivity contribution in [1.29, 1.82) is 0 Å². The zero-order valence-corrected chi connectivity index (χ0v) is 19.2. The van der Waals surface area contributed by atoms with E-state index in [9.17, 15) is 9.59 Å². The lowest BCUT2D eigenvalue weighted by Crippen LogP contribution is -2.39. The SMILES string of the molecule is CC1=NC2=C(C(=O)CCC2)[C@H](c2cc3c(cc2Br)OCO3)C1C(=O)OC1CCCCC1. The quantitative estimate of drug-likeness (QED) is 0.545. The number of carbonyl (C=O) groups is 2. The summed E-state index contributed by atoms with van der Waals surface area (Å²) in [5.41, 5.74) is 3.02. The molecular weight excluding hydrogens is 462 g/mol. The second-order valence-electron chi connectivity index (χ2n) is 8.77. The van der Waals surface area contributed by atoms with E-state index in [1.165, 1.54) is 6.42 Å². The average molecular weight is 488 g/mol. The largest absolute Gasteiger partial charge is 0.462 e. The molecule has 1 fully saturated rings. The van der Waals surface area contributed by atoms with Crippen molar-refractivity contribution in [2.75, 3.05) is 6.79 Å². The Morgan fingerprint density at radius 1 is 1.10 bits per heavy atom. The van der Waals surface area contributed by atoms with Crippen LogP contribution in [0.5, 0.6) is 11.5 Å². The molecule has 0 amide bonds. The highest BCUT2D eigenvalue weighted by Gasteiger charge is 2.45. The van der Waals surface area contributed by atoms with E-state index in [1.807, 2.05) is 19.1 Å². The predicted octanol–water partition coefficient (Wildman–Crippen LogP) is 5.24. The summed E-state index contributed by atoms with van der Waals surface area (Å²) in [6.45, 7) is 2.04. The molecule has 31 heavy (non-hydrogen) atoms. The first kappa shape index (κ1) is 20.7. The minimum atomic E-state index is -0.626. The third kappa shape index (κ3) is 3.81. The van der Waals surface area contributed by atoms with Gasteiger partial charge in [-0.15, -0.1) is 0 Å². The number of hydrogen-bond acceptors (Lipinski definition) is 6. The van der Waals surface area contributed by atoms with Crippen LogP contribution in [0.2, 0.25) is 0 Å². The Balaban J connectivity index is 1.57. The van der Waals surface area contributed by atoms with E-state index in [0.29, 0.717) is 29.2 Å². The fourth-order valence-corrected chi connectivity index (χ4v) is 5.81. The normalized spacial score (nSPS) is 25.9. The van der Waals surface area contributed by atoms with Gasteiger partial charge in [0.1, 0.15) is 12.0 Å². The first-order valence-electron chi connectivity index (χ1n) is 11.1. The Morgan fingerprint density at radius 3 is 2.61 bits per heavy atom. The van der Waals surface area contributed by atoms with Crippen molar-refractivity contribution in [3.05, 3.63) is 33.4 Å². The van der Waals surface area contributed by atoms with E-state index in [2.05, 4.69) is 15.9 Å². The third-order valence-electron chi connectivity index (χ3n) is 6.75. The molecule has 0 saturated heterocycles. The van der Waals surface area contributed by atoms with Gasteiger partial charge in [0.05, 0.1) is 0 Å². The third-order valence-corrected chi connectivity index (χ3v) is 7.44. The summed E-state index contributed by atoms with van der Waals surface area (Å²) >= 11 is 3.66. The van der Waals surface area contributed by atoms with Gasteiger partial charge in [0.15, 0.2) is 17.3 Å². The summed E-state index contributed by atoms with van der Waals surface area (Å²) in [6.07, 6.45) is 7.14. The number of hydrogen-bond donors (Lipinski definition) is 0. The Bertz CT molecular complexity index is 992. The molecule has 7 heteroatoms. The van der Waals surface area contributed by atoms with Gasteiger partial charge in [-0.3, -0.25) is 14.6 Å². The van der Waals surface area contributed by atoms with E-state index in [4.69, 9.17) is 19.2 Å². The molecule has 0 spiro atoms. The minimum Gasteiger partial charge on any atom is -0.462 e. The summed E-state index contributed by atoms with van der Waals surface area (Å²) in [4.78, 5) is 31.3. The van der Waals surface area contributed by atoms with E-state index in [1.54, 1.807) is 0 Å². The van der Waals surface area contributed by atoms with Crippen molar-refractivity contribution in [3.8, 4) is 11.5 Å². The van der Waals surface area contributed by atoms with Crippen LogP contribution in [-0.2, 0) is 14.3 Å². The van der Waals surface area contributed by atoms with Crippen LogP contribution in [0.15, 0.2) is 32.9 Å². The Morgan fingerprint density at radius 2 is 1.84 bits per heavy atom. The van der Waals surface area contributed by atoms with E-state index >= 15 is 0 Å². The highest BCUT2D eigenvalue weighted by atomic mass is 79.9.